The molecule has 0 spiro atoms. The van der Waals surface area contributed by atoms with Gasteiger partial charge in [0.25, 0.3) is 5.56 Å². The Morgan fingerprint density at radius 2 is 2.27 bits per heavy atom. The second-order valence-electron chi connectivity index (χ2n) is 1.83. The molecule has 0 saturated heterocycles. The van der Waals surface area contributed by atoms with Crippen molar-refractivity contribution in [3.05, 3.63) is 39.4 Å². The fourth-order valence-electron chi connectivity index (χ4n) is 0.596. The van der Waals surface area contributed by atoms with Crippen LogP contribution in [0.4, 0.5) is 4.39 Å². The number of hydrogen-bond acceptors (Lipinski definition) is 2. The minimum atomic E-state index is -1.02. The summed E-state index contributed by atoms with van der Waals surface area (Å²) in [5, 5.41) is 0. The molecule has 1 heterocycles. The lowest BCUT2D eigenvalue weighted by molar-refractivity contribution is 0.590. The third-order valence-electron chi connectivity index (χ3n) is 1.12. The molecule has 0 aliphatic carbocycles. The van der Waals surface area contributed by atoms with Crippen molar-refractivity contribution in [2.75, 3.05) is 0 Å². The molecular formula is C6H5FN2O2. The Hall–Kier alpha value is -1.65. The number of nitrogens with one attached hydrogen (secondary N) is 1. The molecule has 0 aliphatic heterocycles. The molecule has 1 N–H and O–H groups in total. The first-order valence-corrected chi connectivity index (χ1v) is 2.78. The van der Waals surface area contributed by atoms with Gasteiger partial charge in [0.05, 0.1) is 6.20 Å². The zero-order valence-electron chi connectivity index (χ0n) is 5.50. The minimum absolute atomic E-state index is 0.702. The van der Waals surface area contributed by atoms with E-state index in [4.69, 9.17) is 0 Å². The van der Waals surface area contributed by atoms with Crippen molar-refractivity contribution in [3.8, 4) is 0 Å². The number of aromatic amines is 1. The first kappa shape index (κ1) is 7.46. The van der Waals surface area contributed by atoms with Gasteiger partial charge in [-0.3, -0.25) is 14.3 Å². The van der Waals surface area contributed by atoms with Crippen LogP contribution in [0.5, 0.6) is 0 Å². The predicted octanol–water partition coefficient (Wildman–Crippen LogP) is -0.224. The number of rotatable bonds is 1. The number of halogens is 1. The quantitative estimate of drug-likeness (QED) is 0.610. The summed E-state index contributed by atoms with van der Waals surface area (Å²) in [6.45, 7) is 3.24. The second-order valence-corrected chi connectivity index (χ2v) is 1.83. The molecule has 0 bridgehead atoms. The third kappa shape index (κ3) is 1.26. The predicted molar refractivity (Wildman–Crippen MR) is 37.7 cm³/mol. The first-order chi connectivity index (χ1) is 5.15. The average molecular weight is 156 g/mol. The van der Waals surface area contributed by atoms with Crippen LogP contribution in [0, 0.1) is 5.82 Å². The number of aromatic nitrogens is 2. The average Bonchev–Trinajstić information content (AvgIpc) is 1.97. The molecule has 1 aromatic rings. The van der Waals surface area contributed by atoms with Crippen molar-refractivity contribution in [2.24, 2.45) is 0 Å². The summed E-state index contributed by atoms with van der Waals surface area (Å²) in [4.78, 5) is 22.9. The number of nitrogens with zero attached hydrogens (tertiary/aromatic N) is 1. The van der Waals surface area contributed by atoms with E-state index in [-0.39, 0.29) is 0 Å². The van der Waals surface area contributed by atoms with Crippen LogP contribution in [-0.2, 0) is 0 Å². The van der Waals surface area contributed by atoms with Crippen LogP contribution >= 0.6 is 0 Å². The van der Waals surface area contributed by atoms with Gasteiger partial charge in [-0.25, -0.2) is 4.79 Å². The van der Waals surface area contributed by atoms with Gasteiger partial charge in [-0.15, -0.1) is 0 Å². The molecule has 0 radical (unpaired) electrons. The fraction of sp³-hybridized carbons (Fsp3) is 0. The summed E-state index contributed by atoms with van der Waals surface area (Å²) in [7, 11) is 0. The molecule has 0 fully saturated rings. The number of hydrogen-bond donors (Lipinski definition) is 1. The molecule has 11 heavy (non-hydrogen) atoms. The van der Waals surface area contributed by atoms with Crippen molar-refractivity contribution in [3.63, 3.8) is 0 Å². The molecule has 5 heteroatoms. The fourth-order valence-corrected chi connectivity index (χ4v) is 0.596. The Labute approximate surface area is 60.6 Å². The lowest BCUT2D eigenvalue weighted by Crippen LogP contribution is -2.28. The maximum absolute atomic E-state index is 12.4. The Kier molecular flexibility index (Phi) is 1.72. The standard InChI is InChI=1S/C6H5FN2O2/c1-2-9-3-4(7)5(10)8-6(9)11/h2-3H,1H2,(H,8,10,11). The topological polar surface area (TPSA) is 54.9 Å². The van der Waals surface area contributed by atoms with Gasteiger partial charge >= 0.3 is 5.69 Å². The SMILES string of the molecule is C=Cn1cc(F)c(=O)[nH]c1=O. The lowest BCUT2D eigenvalue weighted by Gasteiger charge is -1.93. The molecule has 0 amide bonds. The minimum Gasteiger partial charge on any atom is -0.274 e. The zero-order valence-corrected chi connectivity index (χ0v) is 5.50. The Morgan fingerprint density at radius 3 is 2.82 bits per heavy atom. The van der Waals surface area contributed by atoms with Crippen LogP contribution in [0.3, 0.4) is 0 Å². The summed E-state index contributed by atoms with van der Waals surface area (Å²) in [5.41, 5.74) is -1.72. The third-order valence-corrected chi connectivity index (χ3v) is 1.12. The van der Waals surface area contributed by atoms with Gasteiger partial charge < -0.3 is 0 Å². The highest BCUT2D eigenvalue weighted by atomic mass is 19.1. The van der Waals surface area contributed by atoms with Gasteiger partial charge in [0.15, 0.2) is 0 Å². The van der Waals surface area contributed by atoms with Gasteiger partial charge in [0, 0.05) is 6.20 Å². The summed E-state index contributed by atoms with van der Waals surface area (Å²) in [5.74, 6) is -1.01. The Balaban J connectivity index is 3.57. The first-order valence-electron chi connectivity index (χ1n) is 2.78. The van der Waals surface area contributed by atoms with Crippen LogP contribution in [0.25, 0.3) is 6.20 Å². The van der Waals surface area contributed by atoms with E-state index in [0.717, 1.165) is 17.0 Å². The maximum atomic E-state index is 12.4. The molecule has 0 unspecified atom stereocenters. The van der Waals surface area contributed by atoms with Crippen LogP contribution in [0.2, 0.25) is 0 Å². The molecular weight excluding hydrogens is 151 g/mol. The Bertz CT molecular complexity index is 390. The maximum Gasteiger partial charge on any atom is 0.332 e. The van der Waals surface area contributed by atoms with E-state index in [0.29, 0.717) is 0 Å². The molecule has 0 atom stereocenters. The molecule has 0 saturated carbocycles. The zero-order chi connectivity index (χ0) is 8.43. The number of H-pyrrole nitrogens is 1. The lowest BCUT2D eigenvalue weighted by atomic mass is 10.6. The molecule has 4 nitrogen and oxygen atoms in total. The monoisotopic (exact) mass is 156 g/mol. The smallest absolute Gasteiger partial charge is 0.274 e. The molecule has 1 rings (SSSR count). The van der Waals surface area contributed by atoms with Crippen molar-refractivity contribution >= 4 is 6.20 Å². The summed E-state index contributed by atoms with van der Waals surface area (Å²) in [6, 6.07) is 0. The highest BCUT2D eigenvalue weighted by molar-refractivity contribution is 5.15. The van der Waals surface area contributed by atoms with Gasteiger partial charge in [0.1, 0.15) is 0 Å². The van der Waals surface area contributed by atoms with Gasteiger partial charge in [-0.2, -0.15) is 4.39 Å². The van der Waals surface area contributed by atoms with Crippen LogP contribution in [-0.4, -0.2) is 9.55 Å². The van der Waals surface area contributed by atoms with E-state index in [9.17, 15) is 14.0 Å². The summed E-state index contributed by atoms with van der Waals surface area (Å²) < 4.78 is 13.2. The van der Waals surface area contributed by atoms with Gasteiger partial charge in [0.2, 0.25) is 5.82 Å². The normalized spacial score (nSPS) is 9.55. The van der Waals surface area contributed by atoms with E-state index in [1.807, 2.05) is 0 Å². The molecule has 0 aliphatic rings. The van der Waals surface area contributed by atoms with E-state index < -0.39 is 17.1 Å². The van der Waals surface area contributed by atoms with E-state index in [2.05, 4.69) is 6.58 Å². The van der Waals surface area contributed by atoms with Crippen LogP contribution < -0.4 is 11.2 Å². The van der Waals surface area contributed by atoms with Crippen LogP contribution in [0.15, 0.2) is 22.4 Å². The van der Waals surface area contributed by atoms with Gasteiger partial charge in [-0.1, -0.05) is 6.58 Å². The van der Waals surface area contributed by atoms with Crippen LogP contribution in [0.1, 0.15) is 0 Å². The van der Waals surface area contributed by atoms with Crippen molar-refractivity contribution in [2.45, 2.75) is 0 Å². The highest BCUT2D eigenvalue weighted by Gasteiger charge is 1.99. The second kappa shape index (κ2) is 2.53. The largest absolute Gasteiger partial charge is 0.332 e. The van der Waals surface area contributed by atoms with E-state index in [1.54, 1.807) is 4.98 Å². The van der Waals surface area contributed by atoms with Crippen molar-refractivity contribution in [1.29, 1.82) is 0 Å². The summed E-state index contributed by atoms with van der Waals surface area (Å²) in [6.07, 6.45) is 1.87. The van der Waals surface area contributed by atoms with E-state index in [1.165, 1.54) is 0 Å². The molecule has 58 valence electrons. The van der Waals surface area contributed by atoms with E-state index >= 15 is 0 Å². The van der Waals surface area contributed by atoms with Crippen molar-refractivity contribution < 1.29 is 4.39 Å². The molecule has 0 aromatic carbocycles. The van der Waals surface area contributed by atoms with Gasteiger partial charge in [-0.05, 0) is 0 Å². The molecule has 1 aromatic heterocycles. The Morgan fingerprint density at radius 1 is 1.64 bits per heavy atom. The summed E-state index contributed by atoms with van der Waals surface area (Å²) >= 11 is 0. The van der Waals surface area contributed by atoms with Crippen molar-refractivity contribution in [1.82, 2.24) is 9.55 Å². The highest BCUT2D eigenvalue weighted by Crippen LogP contribution is 1.82.